The molecular weight excluding hydrogens is 993 g/mol. The van der Waals surface area contributed by atoms with Crippen molar-refractivity contribution in [3.63, 3.8) is 0 Å². The zero-order valence-electron chi connectivity index (χ0n) is 44.7. The minimum absolute atomic E-state index is 0.682. The van der Waals surface area contributed by atoms with Crippen molar-refractivity contribution >= 4 is 53.9 Å². The third kappa shape index (κ3) is 6.46. The topological polar surface area (TPSA) is 18.5 Å². The van der Waals surface area contributed by atoms with Crippen LogP contribution in [0, 0.1) is 0 Å². The molecule has 2 heterocycles. The van der Waals surface area contributed by atoms with Gasteiger partial charge < -0.3 is 9.47 Å². The van der Waals surface area contributed by atoms with Crippen molar-refractivity contribution in [1.82, 2.24) is 0 Å². The van der Waals surface area contributed by atoms with E-state index in [2.05, 4.69) is 303 Å². The minimum atomic E-state index is -0.682. The van der Waals surface area contributed by atoms with Gasteiger partial charge in [-0.3, -0.25) is 0 Å². The normalized spacial score (nSPS) is 13.8. The number of rotatable bonds is 7. The van der Waals surface area contributed by atoms with Crippen LogP contribution in [0.2, 0.25) is 0 Å². The lowest BCUT2D eigenvalue weighted by molar-refractivity contribution is 0.436. The van der Waals surface area contributed by atoms with E-state index in [1.54, 1.807) is 0 Å². The van der Waals surface area contributed by atoms with Crippen LogP contribution in [0.4, 0.5) is 0 Å². The second-order valence-electron chi connectivity index (χ2n) is 22.1. The van der Waals surface area contributed by atoms with Crippen LogP contribution in [-0.2, 0) is 10.8 Å². The maximum Gasteiger partial charge on any atom is 0.140 e. The van der Waals surface area contributed by atoms with Crippen molar-refractivity contribution in [3.05, 3.63) is 348 Å². The fourth-order valence-electron chi connectivity index (χ4n) is 14.8. The molecule has 15 aromatic carbocycles. The first-order valence-corrected chi connectivity index (χ1v) is 28.4. The fraction of sp³-hybridized carbons (Fsp3) is 0.0250. The summed E-state index contributed by atoms with van der Waals surface area (Å²) >= 11 is 0. The zero-order chi connectivity index (χ0) is 53.9. The van der Waals surface area contributed by atoms with Gasteiger partial charge in [-0.1, -0.05) is 279 Å². The summed E-state index contributed by atoms with van der Waals surface area (Å²) < 4.78 is 14.8. The Kier molecular flexibility index (Phi) is 10.2. The van der Waals surface area contributed by atoms with Crippen LogP contribution in [0.15, 0.2) is 303 Å². The molecule has 82 heavy (non-hydrogen) atoms. The van der Waals surface area contributed by atoms with E-state index in [1.165, 1.54) is 65.7 Å². The molecule has 0 fully saturated rings. The fourth-order valence-corrected chi connectivity index (χ4v) is 14.8. The Hall–Kier alpha value is -10.5. The Morgan fingerprint density at radius 3 is 1.07 bits per heavy atom. The molecule has 0 N–H and O–H groups in total. The SMILES string of the molecule is c1ccc(C2(c3ccccc3)c3ccccc3Oc3c(-c4cccc5c(-c6cc7cccc8ccc9cccc6c9c87)c6cccc(-c7cccc8c7Oc7ccccc7C8(c7ccccc7)c7ccccc7)c6cc45)cccc32)cc1. The number of benzene rings is 15. The number of hydrogen-bond donors (Lipinski definition) is 0. The van der Waals surface area contributed by atoms with Crippen LogP contribution in [0.3, 0.4) is 0 Å². The van der Waals surface area contributed by atoms with Crippen molar-refractivity contribution in [3.8, 4) is 56.4 Å². The molecule has 2 nitrogen and oxygen atoms in total. The summed E-state index contributed by atoms with van der Waals surface area (Å²) in [5.74, 6) is 3.38. The molecule has 382 valence electrons. The molecular formula is C80H50O2. The summed E-state index contributed by atoms with van der Waals surface area (Å²) in [4.78, 5) is 0. The van der Waals surface area contributed by atoms with Gasteiger partial charge in [0.15, 0.2) is 0 Å². The van der Waals surface area contributed by atoms with E-state index in [4.69, 9.17) is 9.47 Å². The summed E-state index contributed by atoms with van der Waals surface area (Å²) in [7, 11) is 0. The van der Waals surface area contributed by atoms with Crippen molar-refractivity contribution in [1.29, 1.82) is 0 Å². The van der Waals surface area contributed by atoms with E-state index in [0.717, 1.165) is 89.1 Å². The third-order valence-corrected chi connectivity index (χ3v) is 18.1. The van der Waals surface area contributed by atoms with Gasteiger partial charge in [0.2, 0.25) is 0 Å². The predicted octanol–water partition coefficient (Wildman–Crippen LogP) is 20.9. The van der Waals surface area contributed by atoms with E-state index in [-0.39, 0.29) is 0 Å². The average molecular weight is 1040 g/mol. The van der Waals surface area contributed by atoms with Crippen LogP contribution in [-0.4, -0.2) is 0 Å². The van der Waals surface area contributed by atoms with Gasteiger partial charge in [0.25, 0.3) is 0 Å². The minimum Gasteiger partial charge on any atom is -0.456 e. The molecule has 2 heteroatoms. The molecule has 0 saturated carbocycles. The molecule has 2 aliphatic rings. The molecule has 0 bridgehead atoms. The molecule has 0 aliphatic carbocycles. The molecule has 0 unspecified atom stereocenters. The summed E-state index contributed by atoms with van der Waals surface area (Å²) in [6, 6.07) is 111. The van der Waals surface area contributed by atoms with Crippen LogP contribution < -0.4 is 9.47 Å². The number of fused-ring (bicyclic) bond motifs is 6. The Balaban J connectivity index is 0.997. The second-order valence-corrected chi connectivity index (χ2v) is 22.1. The van der Waals surface area contributed by atoms with Gasteiger partial charge in [0.1, 0.15) is 23.0 Å². The maximum absolute atomic E-state index is 7.40. The van der Waals surface area contributed by atoms with Crippen molar-refractivity contribution in [2.45, 2.75) is 10.8 Å². The molecule has 0 atom stereocenters. The van der Waals surface area contributed by atoms with Gasteiger partial charge in [-0.05, 0) is 123 Å². The molecule has 15 aromatic rings. The van der Waals surface area contributed by atoms with Gasteiger partial charge in [0.05, 0.1) is 10.8 Å². The van der Waals surface area contributed by atoms with E-state index in [0.29, 0.717) is 0 Å². The molecule has 0 radical (unpaired) electrons. The highest BCUT2D eigenvalue weighted by Gasteiger charge is 2.48. The Labute approximate surface area is 475 Å². The summed E-state index contributed by atoms with van der Waals surface area (Å²) in [6.07, 6.45) is 0. The Morgan fingerprint density at radius 2 is 0.585 bits per heavy atom. The first-order chi connectivity index (χ1) is 40.7. The standard InChI is InChI=1S/C80H50O2/c1-5-26-54(27-6-1)79(55-28-7-2-8-29-55)68-41-13-15-45-72(68)81-77-63(39-21-43-70(77)79)58-34-19-37-60-65(58)50-66-59(35-20-38-61(66)76(60)67-49-53-25-17-23-51-47-48-52-24-18-36-62(67)75(52)74(51)53)64-40-22-44-71-78(64)82-73-46-16-14-42-69(73)80(71,56-30-9-3-10-31-56)57-32-11-4-12-33-57/h1-50H. The summed E-state index contributed by atoms with van der Waals surface area (Å²) in [5, 5.41) is 12.1. The van der Waals surface area contributed by atoms with Gasteiger partial charge in [0, 0.05) is 33.4 Å². The summed E-state index contributed by atoms with van der Waals surface area (Å²) in [5.41, 5.74) is 14.4. The highest BCUT2D eigenvalue weighted by molar-refractivity contribution is 6.30. The summed E-state index contributed by atoms with van der Waals surface area (Å²) in [6.45, 7) is 0. The average Bonchev–Trinajstić information content (AvgIpc) is 3.59. The first-order valence-electron chi connectivity index (χ1n) is 28.4. The highest BCUT2D eigenvalue weighted by Crippen LogP contribution is 2.60. The highest BCUT2D eigenvalue weighted by atomic mass is 16.5. The van der Waals surface area contributed by atoms with Crippen LogP contribution in [0.25, 0.3) is 87.2 Å². The van der Waals surface area contributed by atoms with E-state index in [1.807, 2.05) is 0 Å². The van der Waals surface area contributed by atoms with Crippen LogP contribution in [0.5, 0.6) is 23.0 Å². The maximum atomic E-state index is 7.40. The molecule has 0 aromatic heterocycles. The predicted molar refractivity (Wildman–Crippen MR) is 338 cm³/mol. The number of hydrogen-bond acceptors (Lipinski definition) is 2. The zero-order valence-corrected chi connectivity index (χ0v) is 44.7. The molecule has 0 spiro atoms. The molecule has 0 amide bonds. The van der Waals surface area contributed by atoms with Crippen molar-refractivity contribution in [2.24, 2.45) is 0 Å². The van der Waals surface area contributed by atoms with Crippen LogP contribution in [0.1, 0.15) is 44.5 Å². The van der Waals surface area contributed by atoms with Crippen molar-refractivity contribution in [2.75, 3.05) is 0 Å². The number of para-hydroxylation sites is 4. The van der Waals surface area contributed by atoms with Gasteiger partial charge >= 0.3 is 0 Å². The largest absolute Gasteiger partial charge is 0.456 e. The van der Waals surface area contributed by atoms with Crippen LogP contribution >= 0.6 is 0 Å². The lowest BCUT2D eigenvalue weighted by Crippen LogP contribution is -2.34. The molecule has 0 saturated heterocycles. The number of ether oxygens (including phenoxy) is 2. The quantitative estimate of drug-likeness (QED) is 0.117. The lowest BCUT2D eigenvalue weighted by atomic mass is 9.63. The second kappa shape index (κ2) is 18.0. The molecule has 2 aliphatic heterocycles. The van der Waals surface area contributed by atoms with Gasteiger partial charge in [-0.25, -0.2) is 0 Å². The third-order valence-electron chi connectivity index (χ3n) is 18.1. The van der Waals surface area contributed by atoms with E-state index in [9.17, 15) is 0 Å². The van der Waals surface area contributed by atoms with Gasteiger partial charge in [-0.2, -0.15) is 0 Å². The van der Waals surface area contributed by atoms with E-state index >= 15 is 0 Å². The Bertz CT molecular complexity index is 4700. The lowest BCUT2D eigenvalue weighted by Gasteiger charge is -2.42. The smallest absolute Gasteiger partial charge is 0.140 e. The monoisotopic (exact) mass is 1040 g/mol. The first kappa shape index (κ1) is 46.4. The Morgan fingerprint density at radius 1 is 0.220 bits per heavy atom. The van der Waals surface area contributed by atoms with E-state index < -0.39 is 10.8 Å². The van der Waals surface area contributed by atoms with Gasteiger partial charge in [-0.15, -0.1) is 0 Å². The molecule has 17 rings (SSSR count). The van der Waals surface area contributed by atoms with Crippen molar-refractivity contribution < 1.29 is 9.47 Å².